The number of imidazole rings is 1. The van der Waals surface area contributed by atoms with Crippen LogP contribution in [0.4, 0.5) is 0 Å². The number of benzene rings is 2. The molecule has 2 aromatic carbocycles. The average Bonchev–Trinajstić information content (AvgIpc) is 2.95. The van der Waals surface area contributed by atoms with E-state index in [4.69, 9.17) is 16.3 Å². The Morgan fingerprint density at radius 1 is 1.07 bits per heavy atom. The first-order valence-corrected chi connectivity index (χ1v) is 11.1. The maximum Gasteiger partial charge on any atom is 0.223 e. The van der Waals surface area contributed by atoms with Crippen molar-refractivity contribution in [3.8, 4) is 17.1 Å². The fourth-order valence-electron chi connectivity index (χ4n) is 3.34. The number of sulfone groups is 1. The average molecular weight is 433 g/mol. The van der Waals surface area contributed by atoms with E-state index in [1.54, 1.807) is 56.0 Å². The summed E-state index contributed by atoms with van der Waals surface area (Å²) in [5.74, 6) is 1.05. The highest BCUT2D eigenvalue weighted by molar-refractivity contribution is 7.91. The van der Waals surface area contributed by atoms with Gasteiger partial charge in [0.25, 0.3) is 0 Å². The maximum absolute atomic E-state index is 13.4. The lowest BCUT2D eigenvalue weighted by Crippen LogP contribution is -2.13. The molecule has 0 saturated heterocycles. The van der Waals surface area contributed by atoms with Gasteiger partial charge < -0.3 is 9.30 Å². The van der Waals surface area contributed by atoms with Crippen LogP contribution in [0.15, 0.2) is 52.4 Å². The number of ether oxygens (including phenoxy) is 1. The minimum atomic E-state index is -3.75. The second-order valence-electron chi connectivity index (χ2n) is 8.01. The molecule has 0 spiro atoms. The Morgan fingerprint density at radius 3 is 2.24 bits per heavy atom. The van der Waals surface area contributed by atoms with Crippen LogP contribution in [-0.2, 0) is 22.3 Å². The molecule has 0 bridgehead atoms. The lowest BCUT2D eigenvalue weighted by molar-refractivity contribution is 0.416. The quantitative estimate of drug-likeness (QED) is 0.569. The van der Waals surface area contributed by atoms with Crippen molar-refractivity contribution in [2.45, 2.75) is 43.0 Å². The van der Waals surface area contributed by atoms with E-state index < -0.39 is 9.84 Å². The lowest BCUT2D eigenvalue weighted by atomic mass is 9.87. The van der Waals surface area contributed by atoms with Gasteiger partial charge in [-0.1, -0.05) is 44.5 Å². The summed E-state index contributed by atoms with van der Waals surface area (Å²) in [6.07, 6.45) is 0. The highest BCUT2D eigenvalue weighted by Crippen LogP contribution is 2.35. The van der Waals surface area contributed by atoms with Crippen LogP contribution in [0.1, 0.15) is 32.0 Å². The summed E-state index contributed by atoms with van der Waals surface area (Å²) in [4.78, 5) is 4.76. The number of halogens is 1. The molecule has 0 unspecified atom stereocenters. The fourth-order valence-corrected chi connectivity index (χ4v) is 5.11. The van der Waals surface area contributed by atoms with Gasteiger partial charge in [-0.3, -0.25) is 0 Å². The molecule has 29 heavy (non-hydrogen) atoms. The fraction of sp³-hybridized carbons (Fsp3) is 0.318. The number of rotatable bonds is 4. The summed E-state index contributed by atoms with van der Waals surface area (Å²) in [5.41, 5.74) is 2.07. The summed E-state index contributed by atoms with van der Waals surface area (Å²) in [5, 5.41) is 0.668. The maximum atomic E-state index is 13.4. The Kier molecular flexibility index (Phi) is 5.54. The molecule has 0 radical (unpaired) electrons. The molecule has 0 N–H and O–H groups in total. The van der Waals surface area contributed by atoms with Gasteiger partial charge in [-0.05, 0) is 48.2 Å². The molecule has 0 aliphatic carbocycles. The molecular formula is C22H25ClN2O3S. The zero-order chi connectivity index (χ0) is 21.6. The molecule has 7 heteroatoms. The highest BCUT2D eigenvalue weighted by atomic mass is 35.5. The number of hydrogen-bond donors (Lipinski definition) is 0. The Balaban J connectivity index is 2.14. The molecule has 0 amide bonds. The third-order valence-electron chi connectivity index (χ3n) is 4.89. The van der Waals surface area contributed by atoms with Crippen LogP contribution in [0, 0.1) is 6.92 Å². The molecule has 3 rings (SSSR count). The van der Waals surface area contributed by atoms with Gasteiger partial charge in [0.2, 0.25) is 9.84 Å². The molecule has 3 aromatic rings. The largest absolute Gasteiger partial charge is 0.496 e. The van der Waals surface area contributed by atoms with Crippen molar-refractivity contribution in [3.05, 3.63) is 58.7 Å². The minimum Gasteiger partial charge on any atom is -0.496 e. The molecule has 0 saturated carbocycles. The van der Waals surface area contributed by atoms with Crippen LogP contribution in [0.3, 0.4) is 0 Å². The van der Waals surface area contributed by atoms with Crippen molar-refractivity contribution < 1.29 is 13.2 Å². The predicted molar refractivity (Wildman–Crippen MR) is 116 cm³/mol. The second kappa shape index (κ2) is 7.50. The van der Waals surface area contributed by atoms with Crippen LogP contribution in [0.5, 0.6) is 5.75 Å². The first-order valence-electron chi connectivity index (χ1n) is 9.19. The van der Waals surface area contributed by atoms with E-state index in [0.717, 1.165) is 5.56 Å². The highest BCUT2D eigenvalue weighted by Gasteiger charge is 2.28. The first-order chi connectivity index (χ1) is 13.5. The van der Waals surface area contributed by atoms with E-state index in [1.165, 1.54) is 0 Å². The molecule has 5 nitrogen and oxygen atoms in total. The van der Waals surface area contributed by atoms with E-state index >= 15 is 0 Å². The first kappa shape index (κ1) is 21.4. The summed E-state index contributed by atoms with van der Waals surface area (Å²) in [7, 11) is -0.514. The van der Waals surface area contributed by atoms with Crippen molar-refractivity contribution >= 4 is 21.4 Å². The molecule has 1 aromatic heterocycles. The van der Waals surface area contributed by atoms with E-state index in [1.807, 2.05) is 12.1 Å². The van der Waals surface area contributed by atoms with E-state index in [9.17, 15) is 8.42 Å². The Hall–Kier alpha value is -2.31. The molecule has 0 aliphatic rings. The standard InChI is InChI=1S/C22H25ClN2O3S/c1-14-21(29(26,27)17-10-7-15(8-11-17)22(2,3)4)25(5)20(24-14)18-13-16(23)9-12-19(18)28-6/h7-13H,1-6H3. The number of nitrogens with zero attached hydrogens (tertiary/aromatic N) is 2. The van der Waals surface area contributed by atoms with Gasteiger partial charge >= 0.3 is 0 Å². The van der Waals surface area contributed by atoms with E-state index in [2.05, 4.69) is 25.8 Å². The zero-order valence-corrected chi connectivity index (χ0v) is 19.0. The smallest absolute Gasteiger partial charge is 0.223 e. The predicted octanol–water partition coefficient (Wildman–Crippen LogP) is 5.19. The van der Waals surface area contributed by atoms with Crippen LogP contribution in [0.25, 0.3) is 11.4 Å². The molecule has 0 aliphatic heterocycles. The number of aromatic nitrogens is 2. The molecular weight excluding hydrogens is 408 g/mol. The van der Waals surface area contributed by atoms with Gasteiger partial charge in [-0.15, -0.1) is 0 Å². The monoisotopic (exact) mass is 432 g/mol. The van der Waals surface area contributed by atoms with Gasteiger partial charge in [0.15, 0.2) is 5.03 Å². The van der Waals surface area contributed by atoms with Crippen LogP contribution in [-0.4, -0.2) is 25.1 Å². The van der Waals surface area contributed by atoms with Crippen molar-refractivity contribution in [2.75, 3.05) is 7.11 Å². The normalized spacial score (nSPS) is 12.2. The summed E-state index contributed by atoms with van der Waals surface area (Å²) in [6, 6.07) is 12.2. The lowest BCUT2D eigenvalue weighted by Gasteiger charge is -2.19. The zero-order valence-electron chi connectivity index (χ0n) is 17.4. The Bertz CT molecular complexity index is 1160. The Labute approximate surface area is 177 Å². The van der Waals surface area contributed by atoms with E-state index in [-0.39, 0.29) is 15.3 Å². The Morgan fingerprint density at radius 2 is 1.69 bits per heavy atom. The topological polar surface area (TPSA) is 61.2 Å². The van der Waals surface area contributed by atoms with Gasteiger partial charge in [-0.2, -0.15) is 0 Å². The summed E-state index contributed by atoms with van der Waals surface area (Å²) >= 11 is 6.15. The van der Waals surface area contributed by atoms with Gasteiger partial charge in [0.1, 0.15) is 11.6 Å². The van der Waals surface area contributed by atoms with Crippen LogP contribution in [0.2, 0.25) is 5.02 Å². The van der Waals surface area contributed by atoms with Crippen LogP contribution >= 0.6 is 11.6 Å². The molecule has 0 atom stereocenters. The number of methoxy groups -OCH3 is 1. The van der Waals surface area contributed by atoms with E-state index in [0.29, 0.717) is 27.9 Å². The molecule has 154 valence electrons. The van der Waals surface area contributed by atoms with Crippen molar-refractivity contribution in [1.29, 1.82) is 0 Å². The third-order valence-corrected chi connectivity index (χ3v) is 7.10. The van der Waals surface area contributed by atoms with Gasteiger partial charge in [0, 0.05) is 12.1 Å². The summed E-state index contributed by atoms with van der Waals surface area (Å²) in [6.45, 7) is 7.96. The van der Waals surface area contributed by atoms with Gasteiger partial charge in [0.05, 0.1) is 23.3 Å². The molecule has 0 fully saturated rings. The number of hydrogen-bond acceptors (Lipinski definition) is 4. The van der Waals surface area contributed by atoms with Crippen molar-refractivity contribution in [3.63, 3.8) is 0 Å². The van der Waals surface area contributed by atoms with Gasteiger partial charge in [-0.25, -0.2) is 13.4 Å². The second-order valence-corrected chi connectivity index (χ2v) is 10.3. The third kappa shape index (κ3) is 3.91. The van der Waals surface area contributed by atoms with Crippen LogP contribution < -0.4 is 4.74 Å². The SMILES string of the molecule is COc1ccc(Cl)cc1-c1nc(C)c(S(=O)(=O)c2ccc(C(C)(C)C)cc2)n1C. The minimum absolute atomic E-state index is 0.0545. The number of aryl methyl sites for hydroxylation is 1. The summed E-state index contributed by atoms with van der Waals surface area (Å²) < 4.78 is 33.8. The van der Waals surface area contributed by atoms with Crippen molar-refractivity contribution in [2.24, 2.45) is 7.05 Å². The molecule has 1 heterocycles. The van der Waals surface area contributed by atoms with Crippen molar-refractivity contribution in [1.82, 2.24) is 9.55 Å².